The van der Waals surface area contributed by atoms with Gasteiger partial charge in [0.2, 0.25) is 0 Å². The highest BCUT2D eigenvalue weighted by Gasteiger charge is 2.35. The number of hydrogen-bond acceptors (Lipinski definition) is 5. The van der Waals surface area contributed by atoms with Crippen molar-refractivity contribution in [1.82, 2.24) is 9.80 Å². The fourth-order valence-electron chi connectivity index (χ4n) is 3.57. The highest BCUT2D eigenvalue weighted by molar-refractivity contribution is 6.30. The van der Waals surface area contributed by atoms with Crippen LogP contribution in [0.2, 0.25) is 5.02 Å². The molecule has 0 unspecified atom stereocenters. The number of nitrogens with zero attached hydrogens (tertiary/aromatic N) is 2. The lowest BCUT2D eigenvalue weighted by Gasteiger charge is -2.45. The highest BCUT2D eigenvalue weighted by atomic mass is 35.5. The Morgan fingerprint density at radius 2 is 1.81 bits per heavy atom. The number of benzene rings is 2. The Bertz CT molecular complexity index is 895. The van der Waals surface area contributed by atoms with Crippen molar-refractivity contribution in [2.75, 3.05) is 26.3 Å². The molecule has 0 bridgehead atoms. The van der Waals surface area contributed by atoms with Gasteiger partial charge in [-0.1, -0.05) is 23.7 Å². The fourth-order valence-corrected chi connectivity index (χ4v) is 3.70. The molecule has 2 aromatic carbocycles. The summed E-state index contributed by atoms with van der Waals surface area (Å²) in [5.74, 6) is 0.0729. The molecule has 1 heterocycles. The van der Waals surface area contributed by atoms with Crippen LogP contribution in [0.1, 0.15) is 12.5 Å². The number of halogens is 2. The van der Waals surface area contributed by atoms with Crippen molar-refractivity contribution >= 4 is 23.6 Å². The van der Waals surface area contributed by atoms with E-state index in [1.807, 2.05) is 6.92 Å². The standard InChI is InChI=1S/C22H25ClFN3O4/c1-15-10-26(11-16-2-6-18(24)7-3-16)19(13-31-22(25)29)12-27(15)21(28)14-30-20-8-4-17(23)5-9-20/h2-9,15,19H,10-14H2,1H3,(H2,25,29)/t15-,19+/m1/s1. The second-order valence-corrected chi connectivity index (χ2v) is 7.91. The van der Waals surface area contributed by atoms with Crippen LogP contribution in [0.5, 0.6) is 5.75 Å². The van der Waals surface area contributed by atoms with E-state index >= 15 is 0 Å². The first-order valence-corrected chi connectivity index (χ1v) is 10.3. The van der Waals surface area contributed by atoms with Gasteiger partial charge in [0.15, 0.2) is 6.61 Å². The molecule has 0 spiro atoms. The van der Waals surface area contributed by atoms with E-state index in [9.17, 15) is 14.0 Å². The maximum absolute atomic E-state index is 13.2. The smallest absolute Gasteiger partial charge is 0.404 e. The third kappa shape index (κ3) is 6.57. The quantitative estimate of drug-likeness (QED) is 0.702. The van der Waals surface area contributed by atoms with E-state index in [0.29, 0.717) is 30.4 Å². The molecule has 2 amide bonds. The number of carbonyl (C=O) groups excluding carboxylic acids is 2. The van der Waals surface area contributed by atoms with Crippen LogP contribution in [0.4, 0.5) is 9.18 Å². The predicted octanol–water partition coefficient (Wildman–Crippen LogP) is 3.05. The average Bonchev–Trinajstić information content (AvgIpc) is 2.74. The molecule has 166 valence electrons. The van der Waals surface area contributed by atoms with Gasteiger partial charge in [0.25, 0.3) is 5.91 Å². The van der Waals surface area contributed by atoms with Gasteiger partial charge in [-0.15, -0.1) is 0 Å². The first-order valence-electron chi connectivity index (χ1n) is 9.90. The van der Waals surface area contributed by atoms with Gasteiger partial charge < -0.3 is 20.1 Å². The van der Waals surface area contributed by atoms with E-state index in [4.69, 9.17) is 26.8 Å². The number of rotatable bonds is 7. The van der Waals surface area contributed by atoms with Gasteiger partial charge >= 0.3 is 6.09 Å². The molecule has 3 rings (SSSR count). The van der Waals surface area contributed by atoms with Crippen LogP contribution in [0.25, 0.3) is 0 Å². The molecule has 0 saturated carbocycles. The summed E-state index contributed by atoms with van der Waals surface area (Å²) in [6.45, 7) is 3.30. The molecule has 31 heavy (non-hydrogen) atoms. The van der Waals surface area contributed by atoms with E-state index in [2.05, 4.69) is 4.90 Å². The van der Waals surface area contributed by atoms with Gasteiger partial charge in [-0.05, 0) is 48.9 Å². The summed E-state index contributed by atoms with van der Waals surface area (Å²) >= 11 is 5.86. The maximum atomic E-state index is 13.2. The summed E-state index contributed by atoms with van der Waals surface area (Å²) in [4.78, 5) is 27.8. The van der Waals surface area contributed by atoms with E-state index in [0.717, 1.165) is 5.56 Å². The minimum absolute atomic E-state index is 0.0467. The molecule has 7 nitrogen and oxygen atoms in total. The average molecular weight is 450 g/mol. The number of carbonyl (C=O) groups is 2. The molecule has 2 atom stereocenters. The Balaban J connectivity index is 1.65. The second-order valence-electron chi connectivity index (χ2n) is 7.48. The van der Waals surface area contributed by atoms with Gasteiger partial charge in [0.1, 0.15) is 18.2 Å². The number of ether oxygens (including phenoxy) is 2. The minimum Gasteiger partial charge on any atom is -0.484 e. The van der Waals surface area contributed by atoms with Crippen molar-refractivity contribution in [3.63, 3.8) is 0 Å². The van der Waals surface area contributed by atoms with E-state index in [1.54, 1.807) is 41.3 Å². The molecule has 0 radical (unpaired) electrons. The van der Waals surface area contributed by atoms with Crippen LogP contribution in [0, 0.1) is 5.82 Å². The highest BCUT2D eigenvalue weighted by Crippen LogP contribution is 2.20. The summed E-state index contributed by atoms with van der Waals surface area (Å²) in [5.41, 5.74) is 6.06. The van der Waals surface area contributed by atoms with Crippen LogP contribution >= 0.6 is 11.6 Å². The van der Waals surface area contributed by atoms with Gasteiger partial charge in [-0.3, -0.25) is 9.69 Å². The molecule has 1 aliphatic heterocycles. The van der Waals surface area contributed by atoms with Gasteiger partial charge in [-0.2, -0.15) is 0 Å². The van der Waals surface area contributed by atoms with E-state index in [-0.39, 0.29) is 37.0 Å². The Kier molecular flexibility index (Phi) is 7.70. The number of primary amides is 1. The lowest BCUT2D eigenvalue weighted by atomic mass is 10.1. The summed E-state index contributed by atoms with van der Waals surface area (Å²) in [5, 5.41) is 0.585. The Morgan fingerprint density at radius 3 is 2.45 bits per heavy atom. The Morgan fingerprint density at radius 1 is 1.13 bits per heavy atom. The fraction of sp³-hybridized carbons (Fsp3) is 0.364. The molecule has 9 heteroatoms. The molecule has 2 N–H and O–H groups in total. The first-order chi connectivity index (χ1) is 14.8. The minimum atomic E-state index is -0.871. The molecule has 1 aliphatic rings. The van der Waals surface area contributed by atoms with E-state index < -0.39 is 6.09 Å². The van der Waals surface area contributed by atoms with Crippen LogP contribution in [-0.2, 0) is 16.1 Å². The lowest BCUT2D eigenvalue weighted by molar-refractivity contribution is -0.140. The molecule has 0 aromatic heterocycles. The van der Waals surface area contributed by atoms with Gasteiger partial charge in [0, 0.05) is 30.7 Å². The maximum Gasteiger partial charge on any atom is 0.404 e. The Labute approximate surface area is 185 Å². The molecule has 2 aromatic rings. The predicted molar refractivity (Wildman–Crippen MR) is 114 cm³/mol. The number of amides is 2. The number of hydrogen-bond donors (Lipinski definition) is 1. The summed E-state index contributed by atoms with van der Waals surface area (Å²) in [6.07, 6.45) is -0.871. The molecule has 0 aliphatic carbocycles. The topological polar surface area (TPSA) is 85.1 Å². The third-order valence-electron chi connectivity index (χ3n) is 5.17. The zero-order chi connectivity index (χ0) is 22.4. The number of nitrogens with two attached hydrogens (primary N) is 1. The SMILES string of the molecule is C[C@@H]1CN(Cc2ccc(F)cc2)[C@H](COC(N)=O)CN1C(=O)COc1ccc(Cl)cc1. The van der Waals surface area contributed by atoms with Crippen molar-refractivity contribution in [3.05, 3.63) is 64.9 Å². The zero-order valence-electron chi connectivity index (χ0n) is 17.2. The van der Waals surface area contributed by atoms with Crippen LogP contribution in [0.3, 0.4) is 0 Å². The van der Waals surface area contributed by atoms with Crippen molar-refractivity contribution in [2.24, 2.45) is 5.73 Å². The third-order valence-corrected chi connectivity index (χ3v) is 5.42. The Hall–Kier alpha value is -2.84. The molecule has 1 saturated heterocycles. The first kappa shape index (κ1) is 22.8. The van der Waals surface area contributed by atoms with Crippen LogP contribution < -0.4 is 10.5 Å². The van der Waals surface area contributed by atoms with Crippen molar-refractivity contribution < 1.29 is 23.5 Å². The summed E-state index contributed by atoms with van der Waals surface area (Å²) < 4.78 is 23.8. The van der Waals surface area contributed by atoms with E-state index in [1.165, 1.54) is 12.1 Å². The zero-order valence-corrected chi connectivity index (χ0v) is 17.9. The normalized spacial score (nSPS) is 19.1. The lowest BCUT2D eigenvalue weighted by Crippen LogP contribution is -2.60. The number of piperazine rings is 1. The molecular weight excluding hydrogens is 425 g/mol. The van der Waals surface area contributed by atoms with Crippen LogP contribution in [-0.4, -0.2) is 60.2 Å². The largest absolute Gasteiger partial charge is 0.484 e. The van der Waals surface area contributed by atoms with Crippen molar-refractivity contribution in [2.45, 2.75) is 25.6 Å². The van der Waals surface area contributed by atoms with Gasteiger partial charge in [-0.25, -0.2) is 9.18 Å². The molecular formula is C22H25ClFN3O4. The molecule has 1 fully saturated rings. The monoisotopic (exact) mass is 449 g/mol. The summed E-state index contributed by atoms with van der Waals surface area (Å²) in [6, 6.07) is 12.7. The van der Waals surface area contributed by atoms with Crippen molar-refractivity contribution in [3.8, 4) is 5.75 Å². The van der Waals surface area contributed by atoms with Crippen LogP contribution in [0.15, 0.2) is 48.5 Å². The van der Waals surface area contributed by atoms with Crippen molar-refractivity contribution in [1.29, 1.82) is 0 Å². The second kappa shape index (κ2) is 10.5. The van der Waals surface area contributed by atoms with Gasteiger partial charge in [0.05, 0.1) is 6.04 Å². The summed E-state index contributed by atoms with van der Waals surface area (Å²) in [7, 11) is 0.